The number of carbonyl (C=O) groups is 1. The van der Waals surface area contributed by atoms with Crippen molar-refractivity contribution in [3.8, 4) is 0 Å². The monoisotopic (exact) mass is 361 g/mol. The standard InChI is InChI=1S/C14H17BrClNOS/c1-2-19-11-5-4-10(8-11)17-14(18)12-6-3-9(16)7-13(12)15/h3,6-7,10-11H,2,4-5,8H2,1H3,(H,17,18). The molecule has 1 aliphatic carbocycles. The lowest BCUT2D eigenvalue weighted by Gasteiger charge is -2.14. The van der Waals surface area contributed by atoms with E-state index in [-0.39, 0.29) is 5.91 Å². The summed E-state index contributed by atoms with van der Waals surface area (Å²) in [5.41, 5.74) is 0.649. The molecule has 2 nitrogen and oxygen atoms in total. The van der Waals surface area contributed by atoms with E-state index in [0.29, 0.717) is 21.9 Å². The number of halogens is 2. The third kappa shape index (κ3) is 4.14. The van der Waals surface area contributed by atoms with Crippen molar-refractivity contribution >= 4 is 45.2 Å². The van der Waals surface area contributed by atoms with Gasteiger partial charge >= 0.3 is 0 Å². The van der Waals surface area contributed by atoms with E-state index in [9.17, 15) is 4.79 Å². The minimum Gasteiger partial charge on any atom is -0.349 e. The van der Waals surface area contributed by atoms with E-state index in [2.05, 4.69) is 28.2 Å². The van der Waals surface area contributed by atoms with Crippen molar-refractivity contribution in [3.05, 3.63) is 33.3 Å². The van der Waals surface area contributed by atoms with E-state index in [1.54, 1.807) is 18.2 Å². The van der Waals surface area contributed by atoms with E-state index in [1.165, 1.54) is 6.42 Å². The molecule has 0 bridgehead atoms. The average molecular weight is 363 g/mol. The molecular weight excluding hydrogens is 346 g/mol. The molecule has 5 heteroatoms. The molecule has 1 saturated carbocycles. The molecule has 1 aromatic carbocycles. The van der Waals surface area contributed by atoms with Gasteiger partial charge in [0.1, 0.15) is 0 Å². The predicted molar refractivity (Wildman–Crippen MR) is 86.2 cm³/mol. The summed E-state index contributed by atoms with van der Waals surface area (Å²) in [7, 11) is 0. The molecular formula is C14H17BrClNOS. The van der Waals surface area contributed by atoms with Crippen LogP contribution in [-0.4, -0.2) is 23.0 Å². The zero-order chi connectivity index (χ0) is 13.8. The molecule has 2 atom stereocenters. The van der Waals surface area contributed by atoms with E-state index >= 15 is 0 Å². The van der Waals surface area contributed by atoms with Crippen molar-refractivity contribution in [2.45, 2.75) is 37.5 Å². The lowest BCUT2D eigenvalue weighted by Crippen LogP contribution is -2.33. The third-order valence-corrected chi connectivity index (χ3v) is 5.42. The predicted octanol–water partition coefficient (Wildman–Crippen LogP) is 4.51. The summed E-state index contributed by atoms with van der Waals surface area (Å²) >= 11 is 11.3. The molecule has 1 aliphatic rings. The Hall–Kier alpha value is -0.190. The largest absolute Gasteiger partial charge is 0.349 e. The van der Waals surface area contributed by atoms with Gasteiger partial charge in [0, 0.05) is 20.8 Å². The van der Waals surface area contributed by atoms with Crippen LogP contribution in [0.1, 0.15) is 36.5 Å². The molecule has 2 unspecified atom stereocenters. The van der Waals surface area contributed by atoms with Crippen molar-refractivity contribution in [2.24, 2.45) is 0 Å². The highest BCUT2D eigenvalue weighted by molar-refractivity contribution is 9.10. The first-order chi connectivity index (χ1) is 9.10. The molecule has 0 aliphatic heterocycles. The Bertz CT molecular complexity index is 469. The molecule has 1 fully saturated rings. The summed E-state index contributed by atoms with van der Waals surface area (Å²) in [6.07, 6.45) is 3.36. The van der Waals surface area contributed by atoms with E-state index in [4.69, 9.17) is 11.6 Å². The highest BCUT2D eigenvalue weighted by atomic mass is 79.9. The van der Waals surface area contributed by atoms with Crippen LogP contribution in [0.3, 0.4) is 0 Å². The van der Waals surface area contributed by atoms with Gasteiger partial charge in [-0.05, 0) is 59.1 Å². The van der Waals surface area contributed by atoms with Crippen LogP contribution in [0.25, 0.3) is 0 Å². The summed E-state index contributed by atoms with van der Waals surface area (Å²) < 4.78 is 0.745. The number of amides is 1. The number of nitrogens with one attached hydrogen (secondary N) is 1. The third-order valence-electron chi connectivity index (χ3n) is 3.30. The molecule has 1 aromatic rings. The Morgan fingerprint density at radius 2 is 2.32 bits per heavy atom. The molecule has 104 valence electrons. The quantitative estimate of drug-likeness (QED) is 0.854. The number of hydrogen-bond donors (Lipinski definition) is 1. The smallest absolute Gasteiger partial charge is 0.252 e. The van der Waals surface area contributed by atoms with Gasteiger partial charge in [-0.1, -0.05) is 18.5 Å². The Balaban J connectivity index is 1.94. The van der Waals surface area contributed by atoms with Gasteiger partial charge in [0.2, 0.25) is 0 Å². The number of hydrogen-bond acceptors (Lipinski definition) is 2. The average Bonchev–Trinajstić information content (AvgIpc) is 2.76. The zero-order valence-electron chi connectivity index (χ0n) is 10.8. The summed E-state index contributed by atoms with van der Waals surface area (Å²) in [4.78, 5) is 12.2. The maximum absolute atomic E-state index is 12.2. The molecule has 1 N–H and O–H groups in total. The molecule has 0 saturated heterocycles. The fraction of sp³-hybridized carbons (Fsp3) is 0.500. The Morgan fingerprint density at radius 1 is 1.53 bits per heavy atom. The van der Waals surface area contributed by atoms with E-state index in [1.807, 2.05) is 11.8 Å². The van der Waals surface area contributed by atoms with Crippen LogP contribution in [0.5, 0.6) is 0 Å². The minimum atomic E-state index is -0.0179. The SMILES string of the molecule is CCSC1CCC(NC(=O)c2ccc(Cl)cc2Br)C1. The topological polar surface area (TPSA) is 29.1 Å². The highest BCUT2D eigenvalue weighted by Crippen LogP contribution is 2.30. The fourth-order valence-electron chi connectivity index (χ4n) is 2.40. The van der Waals surface area contributed by atoms with Crippen LogP contribution in [0.4, 0.5) is 0 Å². The van der Waals surface area contributed by atoms with Crippen molar-refractivity contribution in [2.75, 3.05) is 5.75 Å². The van der Waals surface area contributed by atoms with Crippen LogP contribution < -0.4 is 5.32 Å². The Kier molecular flexibility index (Phi) is 5.60. The van der Waals surface area contributed by atoms with Gasteiger partial charge in [-0.3, -0.25) is 4.79 Å². The maximum Gasteiger partial charge on any atom is 0.252 e. The molecule has 19 heavy (non-hydrogen) atoms. The van der Waals surface area contributed by atoms with Crippen molar-refractivity contribution < 1.29 is 4.79 Å². The molecule has 0 heterocycles. The second-order valence-corrected chi connectivity index (χ2v) is 7.55. The number of carbonyl (C=O) groups excluding carboxylic acids is 1. The highest BCUT2D eigenvalue weighted by Gasteiger charge is 2.26. The first-order valence-corrected chi connectivity index (χ1v) is 8.69. The lowest BCUT2D eigenvalue weighted by molar-refractivity contribution is 0.0937. The van der Waals surface area contributed by atoms with Gasteiger partial charge in [0.15, 0.2) is 0 Å². The molecule has 1 amide bonds. The van der Waals surface area contributed by atoms with Crippen LogP contribution in [0.2, 0.25) is 5.02 Å². The second kappa shape index (κ2) is 7.00. The van der Waals surface area contributed by atoms with Gasteiger partial charge in [0.25, 0.3) is 5.91 Å². The van der Waals surface area contributed by atoms with E-state index in [0.717, 1.165) is 23.1 Å². The zero-order valence-corrected chi connectivity index (χ0v) is 13.9. The minimum absolute atomic E-state index is 0.0179. The summed E-state index contributed by atoms with van der Waals surface area (Å²) in [6.45, 7) is 2.18. The van der Waals surface area contributed by atoms with Crippen LogP contribution >= 0.6 is 39.3 Å². The molecule has 2 rings (SSSR count). The number of rotatable bonds is 4. The van der Waals surface area contributed by atoms with Crippen LogP contribution in [0.15, 0.2) is 22.7 Å². The summed E-state index contributed by atoms with van der Waals surface area (Å²) in [5, 5.41) is 4.45. The van der Waals surface area contributed by atoms with Crippen LogP contribution in [-0.2, 0) is 0 Å². The van der Waals surface area contributed by atoms with E-state index < -0.39 is 0 Å². The molecule has 0 spiro atoms. The normalized spacial score (nSPS) is 22.5. The first-order valence-electron chi connectivity index (χ1n) is 6.47. The van der Waals surface area contributed by atoms with Crippen molar-refractivity contribution in [1.82, 2.24) is 5.32 Å². The van der Waals surface area contributed by atoms with Crippen LogP contribution in [0, 0.1) is 0 Å². The van der Waals surface area contributed by atoms with Gasteiger partial charge < -0.3 is 5.32 Å². The Morgan fingerprint density at radius 3 is 3.00 bits per heavy atom. The number of thioether (sulfide) groups is 1. The van der Waals surface area contributed by atoms with Gasteiger partial charge in [-0.15, -0.1) is 0 Å². The maximum atomic E-state index is 12.2. The second-order valence-electron chi connectivity index (χ2n) is 4.68. The summed E-state index contributed by atoms with van der Waals surface area (Å²) in [5.74, 6) is 1.13. The Labute approximate surface area is 131 Å². The molecule has 0 aromatic heterocycles. The van der Waals surface area contributed by atoms with Gasteiger partial charge in [-0.25, -0.2) is 0 Å². The van der Waals surface area contributed by atoms with Crippen molar-refractivity contribution in [3.63, 3.8) is 0 Å². The van der Waals surface area contributed by atoms with Gasteiger partial charge in [-0.2, -0.15) is 11.8 Å². The fourth-order valence-corrected chi connectivity index (χ4v) is 4.40. The first kappa shape index (κ1) is 15.2. The number of benzene rings is 1. The lowest BCUT2D eigenvalue weighted by atomic mass is 10.2. The van der Waals surface area contributed by atoms with Crippen molar-refractivity contribution in [1.29, 1.82) is 0 Å². The summed E-state index contributed by atoms with van der Waals surface area (Å²) in [6, 6.07) is 5.56. The van der Waals surface area contributed by atoms with Gasteiger partial charge in [0.05, 0.1) is 5.56 Å². The molecule has 0 radical (unpaired) electrons.